The van der Waals surface area contributed by atoms with E-state index < -0.39 is 11.8 Å². The summed E-state index contributed by atoms with van der Waals surface area (Å²) < 4.78 is 18.6. The molecular formula is C25H21FN2O2. The highest BCUT2D eigenvalue weighted by Crippen LogP contribution is 2.22. The number of hydrogen-bond acceptors (Lipinski definition) is 4. The maximum absolute atomic E-state index is 13.4. The number of carbonyl (C=O) groups is 1. The second kappa shape index (κ2) is 8.74. The van der Waals surface area contributed by atoms with E-state index in [1.165, 1.54) is 17.7 Å². The third-order valence-electron chi connectivity index (χ3n) is 4.85. The molecule has 0 bridgehead atoms. The fraction of sp³-hybridized carbons (Fsp3) is 0.120. The second-order valence-electron chi connectivity index (χ2n) is 6.94. The number of hydrogen-bond donors (Lipinski definition) is 0. The van der Waals surface area contributed by atoms with E-state index in [4.69, 9.17) is 4.74 Å². The maximum Gasteiger partial charge on any atom is 0.363 e. The molecule has 1 heterocycles. The molecule has 0 saturated carbocycles. The Morgan fingerprint density at radius 2 is 1.77 bits per heavy atom. The number of esters is 1. The van der Waals surface area contributed by atoms with Crippen molar-refractivity contribution in [3.05, 3.63) is 107 Å². The first-order valence-corrected chi connectivity index (χ1v) is 9.80. The summed E-state index contributed by atoms with van der Waals surface area (Å²) in [7, 11) is 0. The van der Waals surface area contributed by atoms with Crippen LogP contribution in [0.3, 0.4) is 0 Å². The van der Waals surface area contributed by atoms with Gasteiger partial charge in [-0.15, -0.1) is 0 Å². The van der Waals surface area contributed by atoms with E-state index in [9.17, 15) is 9.18 Å². The lowest BCUT2D eigenvalue weighted by Crippen LogP contribution is -2.21. The van der Waals surface area contributed by atoms with Gasteiger partial charge < -0.3 is 9.64 Å². The van der Waals surface area contributed by atoms with Crippen LogP contribution >= 0.6 is 0 Å². The van der Waals surface area contributed by atoms with Crippen LogP contribution in [0, 0.1) is 5.82 Å². The van der Waals surface area contributed by atoms with Gasteiger partial charge in [0.1, 0.15) is 5.82 Å². The van der Waals surface area contributed by atoms with Crippen molar-refractivity contribution in [1.82, 2.24) is 0 Å². The Balaban J connectivity index is 1.52. The summed E-state index contributed by atoms with van der Waals surface area (Å²) in [6, 6.07) is 24.1. The van der Waals surface area contributed by atoms with Crippen molar-refractivity contribution >= 4 is 23.6 Å². The number of rotatable bonds is 6. The molecule has 1 aliphatic heterocycles. The topological polar surface area (TPSA) is 41.9 Å². The van der Waals surface area contributed by atoms with Gasteiger partial charge in [0.05, 0.1) is 0 Å². The minimum atomic E-state index is -0.544. The molecule has 0 atom stereocenters. The lowest BCUT2D eigenvalue weighted by molar-refractivity contribution is -0.129. The van der Waals surface area contributed by atoms with E-state index in [0.29, 0.717) is 5.56 Å². The number of ether oxygens (including phenoxy) is 1. The molecule has 3 aromatic carbocycles. The summed E-state index contributed by atoms with van der Waals surface area (Å²) in [6.07, 6.45) is 1.67. The molecule has 0 aromatic heterocycles. The monoisotopic (exact) mass is 400 g/mol. The molecule has 4 nitrogen and oxygen atoms in total. The number of anilines is 1. The minimum Gasteiger partial charge on any atom is -0.402 e. The highest BCUT2D eigenvalue weighted by Gasteiger charge is 2.24. The van der Waals surface area contributed by atoms with Crippen molar-refractivity contribution < 1.29 is 13.9 Å². The number of cyclic esters (lactones) is 1. The van der Waals surface area contributed by atoms with Gasteiger partial charge in [-0.2, -0.15) is 0 Å². The Hall–Kier alpha value is -3.73. The molecule has 0 saturated heterocycles. The molecule has 3 aromatic rings. The van der Waals surface area contributed by atoms with Gasteiger partial charge in [0.25, 0.3) is 0 Å². The molecule has 1 aliphatic rings. The highest BCUT2D eigenvalue weighted by atomic mass is 19.1. The number of halogens is 1. The summed E-state index contributed by atoms with van der Waals surface area (Å²) in [4.78, 5) is 18.7. The van der Waals surface area contributed by atoms with Gasteiger partial charge in [0.2, 0.25) is 5.90 Å². The molecule has 5 heteroatoms. The van der Waals surface area contributed by atoms with E-state index in [1.807, 2.05) is 42.5 Å². The quantitative estimate of drug-likeness (QED) is 0.422. The van der Waals surface area contributed by atoms with Gasteiger partial charge in [-0.3, -0.25) is 0 Å². The molecular weight excluding hydrogens is 379 g/mol. The van der Waals surface area contributed by atoms with Gasteiger partial charge in [-0.05, 0) is 54.5 Å². The smallest absolute Gasteiger partial charge is 0.363 e. The Morgan fingerprint density at radius 1 is 1.00 bits per heavy atom. The number of benzene rings is 3. The van der Waals surface area contributed by atoms with Crippen molar-refractivity contribution in [2.45, 2.75) is 13.5 Å². The van der Waals surface area contributed by atoms with Crippen LogP contribution in [-0.4, -0.2) is 18.4 Å². The lowest BCUT2D eigenvalue weighted by Gasteiger charge is -2.23. The van der Waals surface area contributed by atoms with Crippen LogP contribution in [0.4, 0.5) is 10.1 Å². The fourth-order valence-corrected chi connectivity index (χ4v) is 3.28. The number of nitrogens with zero attached hydrogens (tertiary/aromatic N) is 2. The van der Waals surface area contributed by atoms with Gasteiger partial charge >= 0.3 is 5.97 Å². The SMILES string of the molecule is CCN(Cc1ccccc1)c1ccc(C=C2N=C(c3cccc(F)c3)OC2=O)cc1. The molecule has 0 aliphatic carbocycles. The van der Waals surface area contributed by atoms with Crippen LogP contribution < -0.4 is 4.90 Å². The Morgan fingerprint density at radius 3 is 2.47 bits per heavy atom. The maximum atomic E-state index is 13.4. The van der Waals surface area contributed by atoms with Crippen molar-refractivity contribution in [1.29, 1.82) is 0 Å². The van der Waals surface area contributed by atoms with Crippen molar-refractivity contribution in [3.63, 3.8) is 0 Å². The zero-order valence-electron chi connectivity index (χ0n) is 16.6. The minimum absolute atomic E-state index is 0.113. The normalized spacial score (nSPS) is 14.5. The lowest BCUT2D eigenvalue weighted by atomic mass is 10.1. The number of aliphatic imine (C=N–C) groups is 1. The predicted molar refractivity (Wildman–Crippen MR) is 117 cm³/mol. The Kier molecular flexibility index (Phi) is 5.70. The molecule has 0 spiro atoms. The highest BCUT2D eigenvalue weighted by molar-refractivity contribution is 6.12. The predicted octanol–water partition coefficient (Wildman–Crippen LogP) is 5.20. The average Bonchev–Trinajstić information content (AvgIpc) is 3.14. The summed E-state index contributed by atoms with van der Waals surface area (Å²) in [5, 5.41) is 0. The van der Waals surface area contributed by atoms with E-state index in [2.05, 4.69) is 28.9 Å². The van der Waals surface area contributed by atoms with Crippen LogP contribution in [0.5, 0.6) is 0 Å². The largest absolute Gasteiger partial charge is 0.402 e. The van der Waals surface area contributed by atoms with Gasteiger partial charge in [0, 0.05) is 24.3 Å². The van der Waals surface area contributed by atoms with E-state index in [1.54, 1.807) is 18.2 Å². The van der Waals surface area contributed by atoms with Crippen LogP contribution in [-0.2, 0) is 16.1 Å². The molecule has 0 fully saturated rings. The van der Waals surface area contributed by atoms with Gasteiger partial charge in [-0.25, -0.2) is 14.2 Å². The summed E-state index contributed by atoms with van der Waals surface area (Å²) in [5.74, 6) is -0.838. The van der Waals surface area contributed by atoms with E-state index in [-0.39, 0.29) is 11.6 Å². The molecule has 4 rings (SSSR count). The summed E-state index contributed by atoms with van der Waals surface area (Å²) in [6.45, 7) is 3.82. The van der Waals surface area contributed by atoms with Gasteiger partial charge in [0.15, 0.2) is 5.70 Å². The van der Waals surface area contributed by atoms with Crippen molar-refractivity contribution in [2.75, 3.05) is 11.4 Å². The molecule has 150 valence electrons. The van der Waals surface area contributed by atoms with Crippen molar-refractivity contribution in [2.24, 2.45) is 4.99 Å². The summed E-state index contributed by atoms with van der Waals surface area (Å²) in [5.41, 5.74) is 3.81. The first kappa shape index (κ1) is 19.6. The second-order valence-corrected chi connectivity index (χ2v) is 6.94. The standard InChI is InChI=1S/C25H21FN2O2/c1-2-28(17-19-7-4-3-5-8-19)22-13-11-18(12-14-22)15-23-25(29)30-24(27-23)20-9-6-10-21(26)16-20/h3-16H,2,17H2,1H3. The zero-order valence-corrected chi connectivity index (χ0v) is 16.6. The Labute approximate surface area is 175 Å². The third kappa shape index (κ3) is 4.46. The van der Waals surface area contributed by atoms with Crippen LogP contribution in [0.25, 0.3) is 6.08 Å². The van der Waals surface area contributed by atoms with Crippen LogP contribution in [0.1, 0.15) is 23.6 Å². The molecule has 30 heavy (non-hydrogen) atoms. The molecule has 0 radical (unpaired) electrons. The van der Waals surface area contributed by atoms with E-state index >= 15 is 0 Å². The van der Waals surface area contributed by atoms with Gasteiger partial charge in [-0.1, -0.05) is 48.5 Å². The summed E-state index contributed by atoms with van der Waals surface area (Å²) >= 11 is 0. The zero-order chi connectivity index (χ0) is 20.9. The molecule has 0 amide bonds. The Bertz CT molecular complexity index is 1110. The molecule has 0 unspecified atom stereocenters. The first-order chi connectivity index (χ1) is 14.6. The first-order valence-electron chi connectivity index (χ1n) is 9.80. The van der Waals surface area contributed by atoms with E-state index in [0.717, 1.165) is 24.3 Å². The molecule has 0 N–H and O–H groups in total. The van der Waals surface area contributed by atoms with Crippen molar-refractivity contribution in [3.8, 4) is 0 Å². The van der Waals surface area contributed by atoms with Crippen LogP contribution in [0.2, 0.25) is 0 Å². The fourth-order valence-electron chi connectivity index (χ4n) is 3.28. The number of carbonyl (C=O) groups excluding carboxylic acids is 1. The third-order valence-corrected chi connectivity index (χ3v) is 4.85. The van der Waals surface area contributed by atoms with Crippen LogP contribution in [0.15, 0.2) is 89.6 Å². The average molecular weight is 400 g/mol.